The highest BCUT2D eigenvalue weighted by molar-refractivity contribution is 6.32. The normalized spacial score (nSPS) is 18.1. The highest BCUT2D eigenvalue weighted by Gasteiger charge is 2.29. The van der Waals surface area contributed by atoms with E-state index >= 15 is 0 Å². The van der Waals surface area contributed by atoms with Crippen LogP contribution in [0.1, 0.15) is 33.6 Å². The molecule has 1 aliphatic heterocycles. The van der Waals surface area contributed by atoms with Gasteiger partial charge in [0.25, 0.3) is 5.56 Å². The van der Waals surface area contributed by atoms with Crippen LogP contribution in [-0.2, 0) is 0 Å². The van der Waals surface area contributed by atoms with Crippen molar-refractivity contribution < 1.29 is 0 Å². The van der Waals surface area contributed by atoms with Crippen LogP contribution in [0.2, 0.25) is 5.02 Å². The molecule has 1 aromatic rings. The summed E-state index contributed by atoms with van der Waals surface area (Å²) in [5.74, 6) is 1.34. The smallest absolute Gasteiger partial charge is 0.271 e. The molecule has 1 aromatic heterocycles. The third-order valence-electron chi connectivity index (χ3n) is 3.80. The van der Waals surface area contributed by atoms with Crippen molar-refractivity contribution in [3.05, 3.63) is 21.7 Å². The lowest BCUT2D eigenvalue weighted by Gasteiger charge is -2.39. The second-order valence-corrected chi connectivity index (χ2v) is 6.37. The predicted octanol–water partition coefficient (Wildman–Crippen LogP) is 2.69. The van der Waals surface area contributed by atoms with Gasteiger partial charge in [-0.05, 0) is 24.2 Å². The largest absolute Gasteiger partial charge is 0.355 e. The van der Waals surface area contributed by atoms with Gasteiger partial charge in [-0.15, -0.1) is 0 Å². The molecule has 1 aliphatic rings. The van der Waals surface area contributed by atoms with Crippen molar-refractivity contribution in [3.8, 4) is 0 Å². The Morgan fingerprint density at radius 3 is 2.56 bits per heavy atom. The molecule has 0 atom stereocenters. The van der Waals surface area contributed by atoms with Crippen LogP contribution >= 0.6 is 11.6 Å². The number of H-pyrrole nitrogens is 1. The molecule has 4 nitrogen and oxygen atoms in total. The Morgan fingerprint density at radius 1 is 1.39 bits per heavy atom. The average Bonchev–Trinajstić information content (AvgIpc) is 2.32. The fourth-order valence-electron chi connectivity index (χ4n) is 2.55. The third-order valence-corrected chi connectivity index (χ3v) is 4.14. The zero-order chi connectivity index (χ0) is 13.3. The summed E-state index contributed by atoms with van der Waals surface area (Å²) >= 11 is 6.00. The lowest BCUT2D eigenvalue weighted by molar-refractivity contribution is 0.198. The van der Waals surface area contributed by atoms with Gasteiger partial charge in [-0.2, -0.15) is 0 Å². The molecule has 0 spiro atoms. The van der Waals surface area contributed by atoms with Crippen LogP contribution in [0.15, 0.2) is 11.1 Å². The first-order valence-electron chi connectivity index (χ1n) is 6.37. The topological polar surface area (TPSA) is 49.0 Å². The van der Waals surface area contributed by atoms with Crippen molar-refractivity contribution in [1.29, 1.82) is 0 Å². The van der Waals surface area contributed by atoms with Gasteiger partial charge < -0.3 is 9.88 Å². The van der Waals surface area contributed by atoms with E-state index in [-0.39, 0.29) is 10.6 Å². The molecule has 1 saturated heterocycles. The summed E-state index contributed by atoms with van der Waals surface area (Å²) < 4.78 is 0. The highest BCUT2D eigenvalue weighted by atomic mass is 35.5. The van der Waals surface area contributed by atoms with Crippen LogP contribution in [-0.4, -0.2) is 23.1 Å². The number of nitrogens with zero attached hydrogens (tertiary/aromatic N) is 2. The van der Waals surface area contributed by atoms with Crippen molar-refractivity contribution in [1.82, 2.24) is 9.97 Å². The molecule has 0 aromatic carbocycles. The van der Waals surface area contributed by atoms with Crippen LogP contribution in [0.5, 0.6) is 0 Å². The van der Waals surface area contributed by atoms with Crippen LogP contribution in [0.3, 0.4) is 0 Å². The van der Waals surface area contributed by atoms with Crippen LogP contribution in [0, 0.1) is 11.3 Å². The van der Waals surface area contributed by atoms with E-state index < -0.39 is 0 Å². The third kappa shape index (κ3) is 2.69. The molecular formula is C13H20ClN3O. The Morgan fingerprint density at radius 2 is 2.00 bits per heavy atom. The summed E-state index contributed by atoms with van der Waals surface area (Å²) in [6.07, 6.45) is 3.65. The number of piperidine rings is 1. The molecule has 5 heteroatoms. The first kappa shape index (κ1) is 13.4. The molecule has 18 heavy (non-hydrogen) atoms. The minimum atomic E-state index is -0.264. The average molecular weight is 270 g/mol. The van der Waals surface area contributed by atoms with Gasteiger partial charge in [0.15, 0.2) is 5.82 Å². The van der Waals surface area contributed by atoms with Crippen molar-refractivity contribution in [3.63, 3.8) is 0 Å². The molecule has 0 bridgehead atoms. The zero-order valence-electron chi connectivity index (χ0n) is 11.2. The van der Waals surface area contributed by atoms with Gasteiger partial charge in [0, 0.05) is 13.1 Å². The fourth-order valence-corrected chi connectivity index (χ4v) is 2.77. The molecule has 0 saturated carbocycles. The molecule has 1 N–H and O–H groups in total. The maximum atomic E-state index is 11.5. The van der Waals surface area contributed by atoms with Gasteiger partial charge in [0.05, 0.1) is 6.33 Å². The van der Waals surface area contributed by atoms with Crippen LogP contribution < -0.4 is 10.5 Å². The van der Waals surface area contributed by atoms with Crippen LogP contribution in [0.4, 0.5) is 5.82 Å². The van der Waals surface area contributed by atoms with Gasteiger partial charge in [0.1, 0.15) is 5.02 Å². The predicted molar refractivity (Wildman–Crippen MR) is 74.3 cm³/mol. The number of anilines is 1. The fraction of sp³-hybridized carbons (Fsp3) is 0.692. The van der Waals surface area contributed by atoms with Crippen molar-refractivity contribution in [2.45, 2.75) is 33.6 Å². The van der Waals surface area contributed by atoms with E-state index in [2.05, 4.69) is 35.6 Å². The Kier molecular flexibility index (Phi) is 3.66. The van der Waals surface area contributed by atoms with Gasteiger partial charge in [-0.1, -0.05) is 32.4 Å². The maximum absolute atomic E-state index is 11.5. The highest BCUT2D eigenvalue weighted by Crippen LogP contribution is 2.35. The second kappa shape index (κ2) is 4.92. The summed E-state index contributed by atoms with van der Waals surface area (Å²) in [6.45, 7) is 8.68. The van der Waals surface area contributed by atoms with Crippen molar-refractivity contribution in [2.24, 2.45) is 11.3 Å². The quantitative estimate of drug-likeness (QED) is 0.853. The summed E-state index contributed by atoms with van der Waals surface area (Å²) in [5, 5.41) is 0.201. The number of aromatic nitrogens is 2. The Labute approximate surface area is 112 Å². The molecule has 2 heterocycles. The number of halogens is 1. The summed E-state index contributed by atoms with van der Waals surface area (Å²) in [5.41, 5.74) is 0.0805. The Balaban J connectivity index is 2.11. The first-order valence-corrected chi connectivity index (χ1v) is 6.75. The Bertz CT molecular complexity index is 470. The number of nitrogens with one attached hydrogen (secondary N) is 1. The van der Waals surface area contributed by atoms with Gasteiger partial charge in [0.2, 0.25) is 0 Å². The minimum Gasteiger partial charge on any atom is -0.355 e. The number of hydrogen-bond donors (Lipinski definition) is 1. The van der Waals surface area contributed by atoms with E-state index in [4.69, 9.17) is 11.6 Å². The molecule has 2 rings (SSSR count). The van der Waals surface area contributed by atoms with Gasteiger partial charge >= 0.3 is 0 Å². The van der Waals surface area contributed by atoms with E-state index in [1.54, 1.807) is 0 Å². The van der Waals surface area contributed by atoms with E-state index in [1.165, 1.54) is 6.33 Å². The standard InChI is InChI=1S/C13H20ClN3O/c1-13(2,3)9-4-6-17(7-5-9)11-10(14)12(18)16-8-15-11/h8-9H,4-7H2,1-3H3,(H,15,16,18). The summed E-state index contributed by atoms with van der Waals surface area (Å²) in [4.78, 5) is 20.2. The van der Waals surface area contributed by atoms with Crippen LogP contribution in [0.25, 0.3) is 0 Å². The number of rotatable bonds is 1. The maximum Gasteiger partial charge on any atom is 0.271 e. The molecule has 0 aliphatic carbocycles. The Hall–Kier alpha value is -1.03. The molecule has 1 fully saturated rings. The first-order chi connectivity index (χ1) is 8.39. The zero-order valence-corrected chi connectivity index (χ0v) is 11.9. The van der Waals surface area contributed by atoms with E-state index in [1.807, 2.05) is 0 Å². The molecule has 0 amide bonds. The van der Waals surface area contributed by atoms with Crippen molar-refractivity contribution in [2.75, 3.05) is 18.0 Å². The summed E-state index contributed by atoms with van der Waals surface area (Å²) in [7, 11) is 0. The second-order valence-electron chi connectivity index (χ2n) is 6.00. The molecule has 100 valence electrons. The van der Waals surface area contributed by atoms with E-state index in [9.17, 15) is 4.79 Å². The SMILES string of the molecule is CC(C)(C)C1CCN(c2nc[nH]c(=O)c2Cl)CC1. The van der Waals surface area contributed by atoms with E-state index in [0.717, 1.165) is 31.8 Å². The van der Waals surface area contributed by atoms with E-state index in [0.29, 0.717) is 11.2 Å². The lowest BCUT2D eigenvalue weighted by Crippen LogP contribution is -2.39. The van der Waals surface area contributed by atoms with Gasteiger partial charge in [-0.3, -0.25) is 4.79 Å². The molecule has 0 radical (unpaired) electrons. The number of aromatic amines is 1. The van der Waals surface area contributed by atoms with Crippen molar-refractivity contribution >= 4 is 17.4 Å². The molecular weight excluding hydrogens is 250 g/mol. The minimum absolute atomic E-state index is 0.201. The summed E-state index contributed by atoms with van der Waals surface area (Å²) in [6, 6.07) is 0. The van der Waals surface area contributed by atoms with Gasteiger partial charge in [-0.25, -0.2) is 4.98 Å². The molecule has 0 unspecified atom stereocenters. The monoisotopic (exact) mass is 269 g/mol. The lowest BCUT2D eigenvalue weighted by atomic mass is 9.75. The number of hydrogen-bond acceptors (Lipinski definition) is 3.